The maximum atomic E-state index is 6.01. The molecule has 6 heteroatoms. The molecule has 0 radical (unpaired) electrons. The number of guanidine groups is 1. The van der Waals surface area contributed by atoms with Gasteiger partial charge in [-0.3, -0.25) is 9.98 Å². The minimum atomic E-state index is 0. The van der Waals surface area contributed by atoms with Crippen molar-refractivity contribution in [2.75, 3.05) is 7.05 Å². The average Bonchev–Trinajstić information content (AvgIpc) is 2.74. The van der Waals surface area contributed by atoms with Crippen molar-refractivity contribution in [3.63, 3.8) is 0 Å². The monoisotopic (exact) mass is 488 g/mol. The van der Waals surface area contributed by atoms with E-state index in [0.717, 1.165) is 28.5 Å². The number of halogens is 1. The van der Waals surface area contributed by atoms with Crippen molar-refractivity contribution in [1.29, 1.82) is 0 Å². The summed E-state index contributed by atoms with van der Waals surface area (Å²) in [5.74, 6) is 1.59. The Morgan fingerprint density at radius 1 is 0.893 bits per heavy atom. The number of nitrogens with one attached hydrogen (secondary N) is 2. The van der Waals surface area contributed by atoms with Crippen molar-refractivity contribution < 1.29 is 4.74 Å². The fraction of sp³-hybridized carbons (Fsp3) is 0.182. The highest BCUT2D eigenvalue weighted by atomic mass is 127. The topological polar surface area (TPSA) is 58.5 Å². The first-order chi connectivity index (χ1) is 13.3. The summed E-state index contributed by atoms with van der Waals surface area (Å²) in [7, 11) is 1.76. The number of rotatable bonds is 7. The Kier molecular flexibility index (Phi) is 9.27. The highest BCUT2D eigenvalue weighted by Gasteiger charge is 2.05. The summed E-state index contributed by atoms with van der Waals surface area (Å²) in [6.07, 6.45) is 1.79. The SMILES string of the molecule is CN=C(NCc1ccccn1)NCc1ccccc1OCc1ccccc1.I. The second kappa shape index (κ2) is 12.0. The van der Waals surface area contributed by atoms with Crippen LogP contribution in [0.5, 0.6) is 5.75 Å². The third-order valence-electron chi connectivity index (χ3n) is 4.04. The molecule has 146 valence electrons. The van der Waals surface area contributed by atoms with Gasteiger partial charge in [-0.15, -0.1) is 24.0 Å². The van der Waals surface area contributed by atoms with Crippen LogP contribution in [-0.2, 0) is 19.7 Å². The first-order valence-electron chi connectivity index (χ1n) is 8.94. The third kappa shape index (κ3) is 6.84. The summed E-state index contributed by atoms with van der Waals surface area (Å²) in [5, 5.41) is 6.59. The van der Waals surface area contributed by atoms with Crippen LogP contribution in [0.25, 0.3) is 0 Å². The first-order valence-corrected chi connectivity index (χ1v) is 8.94. The highest BCUT2D eigenvalue weighted by molar-refractivity contribution is 14.0. The first kappa shape index (κ1) is 21.7. The number of aliphatic imine (C=N–C) groups is 1. The van der Waals surface area contributed by atoms with Crippen molar-refractivity contribution in [3.8, 4) is 5.75 Å². The molecule has 3 aromatic rings. The Morgan fingerprint density at radius 3 is 2.36 bits per heavy atom. The molecule has 0 aliphatic carbocycles. The van der Waals surface area contributed by atoms with E-state index in [1.165, 1.54) is 0 Å². The van der Waals surface area contributed by atoms with Gasteiger partial charge < -0.3 is 15.4 Å². The van der Waals surface area contributed by atoms with Crippen molar-refractivity contribution in [1.82, 2.24) is 15.6 Å². The Morgan fingerprint density at radius 2 is 1.61 bits per heavy atom. The van der Waals surface area contributed by atoms with Gasteiger partial charge in [0.05, 0.1) is 12.2 Å². The summed E-state index contributed by atoms with van der Waals surface area (Å²) in [4.78, 5) is 8.57. The van der Waals surface area contributed by atoms with Gasteiger partial charge in [-0.25, -0.2) is 0 Å². The van der Waals surface area contributed by atoms with E-state index in [9.17, 15) is 0 Å². The highest BCUT2D eigenvalue weighted by Crippen LogP contribution is 2.19. The Balaban J connectivity index is 0.00000280. The van der Waals surface area contributed by atoms with E-state index >= 15 is 0 Å². The number of hydrogen-bond donors (Lipinski definition) is 2. The molecule has 2 aromatic carbocycles. The van der Waals surface area contributed by atoms with Gasteiger partial charge in [0.2, 0.25) is 0 Å². The molecule has 28 heavy (non-hydrogen) atoms. The van der Waals surface area contributed by atoms with Crippen LogP contribution in [-0.4, -0.2) is 18.0 Å². The van der Waals surface area contributed by atoms with E-state index in [2.05, 4.69) is 38.8 Å². The minimum Gasteiger partial charge on any atom is -0.489 e. The molecule has 0 bridgehead atoms. The van der Waals surface area contributed by atoms with Crippen LogP contribution in [0, 0.1) is 0 Å². The summed E-state index contributed by atoms with van der Waals surface area (Å²) in [5.41, 5.74) is 3.19. The number of nitrogens with zero attached hydrogens (tertiary/aromatic N) is 2. The van der Waals surface area contributed by atoms with Crippen LogP contribution < -0.4 is 15.4 Å². The van der Waals surface area contributed by atoms with Crippen LogP contribution in [0.15, 0.2) is 84.0 Å². The van der Waals surface area contributed by atoms with Crippen LogP contribution in [0.3, 0.4) is 0 Å². The number of ether oxygens (including phenoxy) is 1. The summed E-state index contributed by atoms with van der Waals surface area (Å²) < 4.78 is 6.01. The number of aromatic nitrogens is 1. The Bertz CT molecular complexity index is 857. The number of pyridine rings is 1. The molecular formula is C22H25IN4O. The lowest BCUT2D eigenvalue weighted by molar-refractivity contribution is 0.302. The van der Waals surface area contributed by atoms with Crippen LogP contribution in [0.1, 0.15) is 16.8 Å². The molecular weight excluding hydrogens is 463 g/mol. The van der Waals surface area contributed by atoms with Gasteiger partial charge in [0.1, 0.15) is 12.4 Å². The van der Waals surface area contributed by atoms with E-state index in [-0.39, 0.29) is 24.0 Å². The van der Waals surface area contributed by atoms with Crippen molar-refractivity contribution in [2.24, 2.45) is 4.99 Å². The second-order valence-electron chi connectivity index (χ2n) is 5.98. The molecule has 0 saturated carbocycles. The molecule has 0 spiro atoms. The van der Waals surface area contributed by atoms with E-state index in [4.69, 9.17) is 4.74 Å². The zero-order valence-electron chi connectivity index (χ0n) is 15.8. The number of benzene rings is 2. The van der Waals surface area contributed by atoms with Gasteiger partial charge >= 0.3 is 0 Å². The molecule has 0 aliphatic rings. The van der Waals surface area contributed by atoms with Gasteiger partial charge in [0, 0.05) is 25.4 Å². The van der Waals surface area contributed by atoms with Gasteiger partial charge in [-0.2, -0.15) is 0 Å². The molecule has 1 aromatic heterocycles. The third-order valence-corrected chi connectivity index (χ3v) is 4.04. The number of hydrogen-bond acceptors (Lipinski definition) is 3. The lowest BCUT2D eigenvalue weighted by atomic mass is 10.2. The zero-order chi connectivity index (χ0) is 18.7. The van der Waals surface area contributed by atoms with Gasteiger partial charge in [-0.1, -0.05) is 54.6 Å². The van der Waals surface area contributed by atoms with E-state index < -0.39 is 0 Å². The standard InChI is InChI=1S/C22H24N4O.HI/c1-23-22(26-16-20-12-7-8-14-24-20)25-15-19-11-5-6-13-21(19)27-17-18-9-3-2-4-10-18;/h2-14H,15-17H2,1H3,(H2,23,25,26);1H. The zero-order valence-corrected chi connectivity index (χ0v) is 18.2. The molecule has 1 heterocycles. The largest absolute Gasteiger partial charge is 0.489 e. The van der Waals surface area contributed by atoms with Crippen LogP contribution in [0.4, 0.5) is 0 Å². The van der Waals surface area contributed by atoms with Gasteiger partial charge in [0.25, 0.3) is 0 Å². The smallest absolute Gasteiger partial charge is 0.191 e. The minimum absolute atomic E-state index is 0. The normalized spacial score (nSPS) is 10.7. The maximum absolute atomic E-state index is 6.01. The molecule has 3 rings (SSSR count). The van der Waals surface area contributed by atoms with E-state index in [1.54, 1.807) is 13.2 Å². The van der Waals surface area contributed by atoms with Gasteiger partial charge in [0.15, 0.2) is 5.96 Å². The molecule has 0 unspecified atom stereocenters. The average molecular weight is 488 g/mol. The van der Waals surface area contributed by atoms with Crippen molar-refractivity contribution in [3.05, 3.63) is 95.8 Å². The van der Waals surface area contributed by atoms with E-state index in [0.29, 0.717) is 19.7 Å². The Hall–Kier alpha value is -2.61. The fourth-order valence-electron chi connectivity index (χ4n) is 2.60. The lowest BCUT2D eigenvalue weighted by Gasteiger charge is -2.15. The predicted molar refractivity (Wildman–Crippen MR) is 124 cm³/mol. The Labute approximate surface area is 183 Å². The molecule has 2 N–H and O–H groups in total. The molecule has 0 amide bonds. The van der Waals surface area contributed by atoms with Crippen LogP contribution >= 0.6 is 24.0 Å². The van der Waals surface area contributed by atoms with Gasteiger partial charge in [-0.05, 0) is 23.8 Å². The summed E-state index contributed by atoms with van der Waals surface area (Å²) >= 11 is 0. The second-order valence-corrected chi connectivity index (χ2v) is 5.98. The number of para-hydroxylation sites is 1. The van der Waals surface area contributed by atoms with Crippen molar-refractivity contribution in [2.45, 2.75) is 19.7 Å². The molecule has 0 atom stereocenters. The van der Waals surface area contributed by atoms with E-state index in [1.807, 2.05) is 54.6 Å². The summed E-state index contributed by atoms with van der Waals surface area (Å²) in [6, 6.07) is 24.1. The molecule has 5 nitrogen and oxygen atoms in total. The van der Waals surface area contributed by atoms with Crippen LogP contribution in [0.2, 0.25) is 0 Å². The fourth-order valence-corrected chi connectivity index (χ4v) is 2.60. The lowest BCUT2D eigenvalue weighted by Crippen LogP contribution is -2.36. The predicted octanol–water partition coefficient (Wildman–Crippen LogP) is 4.14. The summed E-state index contributed by atoms with van der Waals surface area (Å²) in [6.45, 7) is 1.78. The quantitative estimate of drug-likeness (QED) is 0.298. The molecule has 0 fully saturated rings. The molecule has 0 aliphatic heterocycles. The molecule has 0 saturated heterocycles. The maximum Gasteiger partial charge on any atom is 0.191 e. The van der Waals surface area contributed by atoms with Crippen molar-refractivity contribution >= 4 is 29.9 Å².